The third-order valence-corrected chi connectivity index (χ3v) is 2.57. The van der Waals surface area contributed by atoms with Crippen LogP contribution in [0.2, 0.25) is 0 Å². The van der Waals surface area contributed by atoms with Crippen LogP contribution in [-0.2, 0) is 4.74 Å². The fourth-order valence-corrected chi connectivity index (χ4v) is 1.80. The molecule has 0 aliphatic carbocycles. The summed E-state index contributed by atoms with van der Waals surface area (Å²) in [5.74, 6) is 0. The predicted molar refractivity (Wildman–Crippen MR) is 35.2 cm³/mol. The largest absolute Gasteiger partial charge is 0.381 e. The second kappa shape index (κ2) is 2.17. The highest BCUT2D eigenvalue weighted by atomic mass is 19.2. The Morgan fingerprint density at radius 2 is 1.80 bits per heavy atom. The van der Waals surface area contributed by atoms with Gasteiger partial charge in [-0.15, -0.1) is 9.60 Å². The second-order valence-electron chi connectivity index (χ2n) is 3.39. The lowest BCUT2D eigenvalue weighted by atomic mass is 9.75. The van der Waals surface area contributed by atoms with Crippen LogP contribution in [0, 0.1) is 5.41 Å². The zero-order valence-corrected chi connectivity index (χ0v) is 5.98. The van der Waals surface area contributed by atoms with Gasteiger partial charge in [0.15, 0.2) is 0 Å². The first-order chi connectivity index (χ1) is 4.81. The lowest BCUT2D eigenvalue weighted by Gasteiger charge is -2.47. The van der Waals surface area contributed by atoms with E-state index in [1.54, 1.807) is 0 Å². The standard InChI is InChI=1S/C7H12FNO/c8-9-5-7(6-9)1-3-10-4-2-7/h1-6H2. The van der Waals surface area contributed by atoms with Gasteiger partial charge in [0.05, 0.1) is 0 Å². The molecule has 2 saturated heterocycles. The topological polar surface area (TPSA) is 12.5 Å². The van der Waals surface area contributed by atoms with Gasteiger partial charge >= 0.3 is 0 Å². The monoisotopic (exact) mass is 145 g/mol. The number of hydrogen-bond donors (Lipinski definition) is 0. The van der Waals surface area contributed by atoms with Gasteiger partial charge in [0.25, 0.3) is 0 Å². The molecule has 0 atom stereocenters. The maximum atomic E-state index is 12.3. The number of halogens is 1. The molecular weight excluding hydrogens is 133 g/mol. The Kier molecular flexibility index (Phi) is 1.42. The van der Waals surface area contributed by atoms with E-state index in [0.717, 1.165) is 31.2 Å². The van der Waals surface area contributed by atoms with Crippen molar-refractivity contribution in [2.24, 2.45) is 5.41 Å². The normalized spacial score (nSPS) is 32.1. The van der Waals surface area contributed by atoms with Crippen LogP contribution < -0.4 is 0 Å². The van der Waals surface area contributed by atoms with Gasteiger partial charge in [-0.2, -0.15) is 0 Å². The van der Waals surface area contributed by atoms with Crippen LogP contribution in [0.4, 0.5) is 4.48 Å². The van der Waals surface area contributed by atoms with Crippen molar-refractivity contribution in [3.05, 3.63) is 0 Å². The maximum absolute atomic E-state index is 12.3. The maximum Gasteiger partial charge on any atom is 0.0472 e. The highest BCUT2D eigenvalue weighted by Crippen LogP contribution is 2.39. The summed E-state index contributed by atoms with van der Waals surface area (Å²) < 4.78 is 17.5. The fraction of sp³-hybridized carbons (Fsp3) is 1.00. The molecule has 10 heavy (non-hydrogen) atoms. The van der Waals surface area contributed by atoms with E-state index in [2.05, 4.69) is 0 Å². The van der Waals surface area contributed by atoms with Crippen LogP contribution in [0.3, 0.4) is 0 Å². The van der Waals surface area contributed by atoms with E-state index in [1.165, 1.54) is 0 Å². The molecule has 58 valence electrons. The van der Waals surface area contributed by atoms with Gasteiger partial charge in [-0.3, -0.25) is 0 Å². The summed E-state index contributed by atoms with van der Waals surface area (Å²) in [7, 11) is 0. The summed E-state index contributed by atoms with van der Waals surface area (Å²) in [5, 5.41) is 0.894. The fourth-order valence-electron chi connectivity index (χ4n) is 1.80. The van der Waals surface area contributed by atoms with Crippen molar-refractivity contribution in [2.45, 2.75) is 12.8 Å². The number of nitrogens with zero attached hydrogens (tertiary/aromatic N) is 1. The average Bonchev–Trinajstić information content (AvgIpc) is 1.87. The molecule has 2 heterocycles. The van der Waals surface area contributed by atoms with Crippen LogP contribution >= 0.6 is 0 Å². The molecule has 2 rings (SSSR count). The Morgan fingerprint density at radius 3 is 2.30 bits per heavy atom. The summed E-state index contributed by atoms with van der Waals surface area (Å²) in [4.78, 5) is 0. The highest BCUT2D eigenvalue weighted by Gasteiger charge is 2.44. The highest BCUT2D eigenvalue weighted by molar-refractivity contribution is 4.92. The zero-order valence-electron chi connectivity index (χ0n) is 5.98. The van der Waals surface area contributed by atoms with Crippen LogP contribution in [0.1, 0.15) is 12.8 Å². The smallest absolute Gasteiger partial charge is 0.0472 e. The average molecular weight is 145 g/mol. The first-order valence-electron chi connectivity index (χ1n) is 3.79. The molecule has 0 N–H and O–H groups in total. The van der Waals surface area contributed by atoms with E-state index in [9.17, 15) is 4.48 Å². The summed E-state index contributed by atoms with van der Waals surface area (Å²) in [5.41, 5.74) is 0.299. The van der Waals surface area contributed by atoms with Crippen molar-refractivity contribution < 1.29 is 9.22 Å². The first-order valence-corrected chi connectivity index (χ1v) is 3.79. The molecule has 0 aromatic rings. The van der Waals surface area contributed by atoms with Crippen LogP contribution in [0.5, 0.6) is 0 Å². The Labute approximate surface area is 59.9 Å². The van der Waals surface area contributed by atoms with Gasteiger partial charge in [-0.1, -0.05) is 0 Å². The summed E-state index contributed by atoms with van der Waals surface area (Å²) >= 11 is 0. The van der Waals surface area contributed by atoms with Crippen LogP contribution in [-0.4, -0.2) is 31.4 Å². The van der Waals surface area contributed by atoms with Crippen LogP contribution in [0.15, 0.2) is 0 Å². The molecule has 3 heteroatoms. The molecule has 2 nitrogen and oxygen atoms in total. The SMILES string of the molecule is FN1CC2(CCOCC2)C1. The Morgan fingerprint density at radius 1 is 1.20 bits per heavy atom. The number of rotatable bonds is 0. The van der Waals surface area contributed by atoms with Gasteiger partial charge in [0.2, 0.25) is 0 Å². The van der Waals surface area contributed by atoms with Crippen molar-refractivity contribution in [3.63, 3.8) is 0 Å². The quantitative estimate of drug-likeness (QED) is 0.471. The minimum Gasteiger partial charge on any atom is -0.381 e. The van der Waals surface area contributed by atoms with E-state index in [1.807, 2.05) is 0 Å². The Bertz CT molecular complexity index is 118. The van der Waals surface area contributed by atoms with E-state index >= 15 is 0 Å². The minimum atomic E-state index is 0.299. The minimum absolute atomic E-state index is 0.299. The Balaban J connectivity index is 1.90. The van der Waals surface area contributed by atoms with Crippen molar-refractivity contribution in [3.8, 4) is 0 Å². The molecule has 0 aromatic carbocycles. The lowest BCUT2D eigenvalue weighted by molar-refractivity contribution is -0.166. The Hall–Kier alpha value is -0.150. The summed E-state index contributed by atoms with van der Waals surface area (Å²) in [6, 6.07) is 0. The molecule has 2 aliphatic rings. The van der Waals surface area contributed by atoms with Crippen molar-refractivity contribution in [2.75, 3.05) is 26.3 Å². The van der Waals surface area contributed by atoms with Gasteiger partial charge in [-0.05, 0) is 12.8 Å². The van der Waals surface area contributed by atoms with Crippen LogP contribution in [0.25, 0.3) is 0 Å². The van der Waals surface area contributed by atoms with E-state index in [4.69, 9.17) is 4.74 Å². The van der Waals surface area contributed by atoms with Crippen molar-refractivity contribution >= 4 is 0 Å². The van der Waals surface area contributed by atoms with Crippen molar-refractivity contribution in [1.29, 1.82) is 0 Å². The molecule has 0 radical (unpaired) electrons. The third kappa shape index (κ3) is 0.935. The van der Waals surface area contributed by atoms with Gasteiger partial charge in [-0.25, -0.2) is 0 Å². The molecular formula is C7H12FNO. The molecule has 0 aromatic heterocycles. The summed E-state index contributed by atoms with van der Waals surface area (Å²) in [6.07, 6.45) is 2.10. The number of ether oxygens (including phenoxy) is 1. The van der Waals surface area contributed by atoms with E-state index in [0.29, 0.717) is 18.5 Å². The van der Waals surface area contributed by atoms with E-state index < -0.39 is 0 Å². The lowest BCUT2D eigenvalue weighted by Crippen LogP contribution is -2.54. The molecule has 2 aliphatic heterocycles. The molecule has 0 amide bonds. The second-order valence-corrected chi connectivity index (χ2v) is 3.39. The third-order valence-electron chi connectivity index (χ3n) is 2.57. The van der Waals surface area contributed by atoms with Gasteiger partial charge in [0.1, 0.15) is 0 Å². The first kappa shape index (κ1) is 6.55. The summed E-state index contributed by atoms with van der Waals surface area (Å²) in [6.45, 7) is 2.92. The van der Waals surface area contributed by atoms with Crippen molar-refractivity contribution in [1.82, 2.24) is 5.12 Å². The van der Waals surface area contributed by atoms with Gasteiger partial charge in [0, 0.05) is 31.7 Å². The molecule has 0 saturated carbocycles. The molecule has 0 bridgehead atoms. The molecule has 0 unspecified atom stereocenters. The zero-order chi connectivity index (χ0) is 7.03. The number of hydrogen-bond acceptors (Lipinski definition) is 2. The molecule has 1 spiro atoms. The van der Waals surface area contributed by atoms with Gasteiger partial charge < -0.3 is 4.74 Å². The molecule has 2 fully saturated rings. The van der Waals surface area contributed by atoms with E-state index in [-0.39, 0.29) is 0 Å². The predicted octanol–water partition coefficient (Wildman–Crippen LogP) is 0.983.